The molecule has 0 bridgehead atoms. The number of nitrogens with zero attached hydrogens (tertiary/aromatic N) is 4. The minimum atomic E-state index is -0.794. The number of carboxylic acid groups (broad SMARTS) is 1. The summed E-state index contributed by atoms with van der Waals surface area (Å²) in [6, 6.07) is 0. The van der Waals surface area contributed by atoms with Crippen LogP contribution in [-0.4, -0.2) is 44.5 Å². The average molecular weight is 268 g/mol. The SMILES string of the molecule is CC(C)CC(Cn1nnnc1C1CCOC1)C(=O)O. The maximum absolute atomic E-state index is 11.3. The third-order valence-electron chi connectivity index (χ3n) is 3.35. The van der Waals surface area contributed by atoms with E-state index < -0.39 is 11.9 Å². The van der Waals surface area contributed by atoms with E-state index in [4.69, 9.17) is 4.74 Å². The molecule has 0 aliphatic carbocycles. The molecule has 1 fully saturated rings. The molecule has 106 valence electrons. The number of aromatic nitrogens is 4. The highest BCUT2D eigenvalue weighted by molar-refractivity contribution is 5.69. The highest BCUT2D eigenvalue weighted by atomic mass is 16.5. The van der Waals surface area contributed by atoms with E-state index in [1.54, 1.807) is 4.68 Å². The van der Waals surface area contributed by atoms with Crippen LogP contribution in [0.5, 0.6) is 0 Å². The Morgan fingerprint density at radius 2 is 2.37 bits per heavy atom. The number of aliphatic carboxylic acids is 1. The van der Waals surface area contributed by atoms with Crippen molar-refractivity contribution in [1.29, 1.82) is 0 Å². The van der Waals surface area contributed by atoms with E-state index in [0.29, 0.717) is 32.1 Å². The van der Waals surface area contributed by atoms with Gasteiger partial charge in [-0.15, -0.1) is 5.10 Å². The Balaban J connectivity index is 2.08. The summed E-state index contributed by atoms with van der Waals surface area (Å²) in [4.78, 5) is 11.3. The number of rotatable bonds is 6. The van der Waals surface area contributed by atoms with Crippen LogP contribution in [0.2, 0.25) is 0 Å². The molecule has 1 saturated heterocycles. The van der Waals surface area contributed by atoms with Crippen molar-refractivity contribution in [3.05, 3.63) is 5.82 Å². The Morgan fingerprint density at radius 3 is 2.95 bits per heavy atom. The van der Waals surface area contributed by atoms with E-state index in [1.165, 1.54) is 0 Å². The second-order valence-electron chi connectivity index (χ2n) is 5.44. The monoisotopic (exact) mass is 268 g/mol. The van der Waals surface area contributed by atoms with Gasteiger partial charge >= 0.3 is 5.97 Å². The number of hydrogen-bond donors (Lipinski definition) is 1. The van der Waals surface area contributed by atoms with Gasteiger partial charge in [-0.2, -0.15) is 0 Å². The van der Waals surface area contributed by atoms with Crippen molar-refractivity contribution in [2.24, 2.45) is 11.8 Å². The predicted octanol–water partition coefficient (Wildman–Crippen LogP) is 0.924. The molecule has 0 spiro atoms. The van der Waals surface area contributed by atoms with Crippen LogP contribution in [0, 0.1) is 11.8 Å². The quantitative estimate of drug-likeness (QED) is 0.825. The lowest BCUT2D eigenvalue weighted by Crippen LogP contribution is -2.24. The lowest BCUT2D eigenvalue weighted by molar-refractivity contribution is -0.142. The largest absolute Gasteiger partial charge is 0.481 e. The fourth-order valence-electron chi connectivity index (χ4n) is 2.40. The third-order valence-corrected chi connectivity index (χ3v) is 3.35. The van der Waals surface area contributed by atoms with Gasteiger partial charge in [0.05, 0.1) is 19.1 Å². The zero-order valence-electron chi connectivity index (χ0n) is 11.3. The molecule has 1 aliphatic rings. The lowest BCUT2D eigenvalue weighted by atomic mass is 9.97. The number of carbonyl (C=O) groups is 1. The minimum Gasteiger partial charge on any atom is -0.481 e. The summed E-state index contributed by atoms with van der Waals surface area (Å²) in [6.45, 7) is 5.68. The van der Waals surface area contributed by atoms with Gasteiger partial charge in [-0.25, -0.2) is 4.68 Å². The Morgan fingerprint density at radius 1 is 1.58 bits per heavy atom. The van der Waals surface area contributed by atoms with Crippen molar-refractivity contribution < 1.29 is 14.6 Å². The molecule has 1 N–H and O–H groups in total. The van der Waals surface area contributed by atoms with E-state index in [9.17, 15) is 9.90 Å². The van der Waals surface area contributed by atoms with Gasteiger partial charge in [0.1, 0.15) is 0 Å². The van der Waals surface area contributed by atoms with Gasteiger partial charge in [0.2, 0.25) is 0 Å². The topological polar surface area (TPSA) is 90.1 Å². The zero-order chi connectivity index (χ0) is 13.8. The first-order chi connectivity index (χ1) is 9.08. The molecule has 2 unspecified atom stereocenters. The molecule has 0 amide bonds. The summed E-state index contributed by atoms with van der Waals surface area (Å²) >= 11 is 0. The molecule has 0 saturated carbocycles. The standard InChI is InChI=1S/C12H20N4O3/c1-8(2)5-10(12(17)18)6-16-11(13-14-15-16)9-3-4-19-7-9/h8-10H,3-7H2,1-2H3,(H,17,18). The number of hydrogen-bond acceptors (Lipinski definition) is 5. The normalized spacial score (nSPS) is 20.9. The van der Waals surface area contributed by atoms with Gasteiger partial charge in [0.25, 0.3) is 0 Å². The minimum absolute atomic E-state index is 0.184. The molecule has 2 rings (SSSR count). The third kappa shape index (κ3) is 3.50. The molecule has 1 aromatic rings. The van der Waals surface area contributed by atoms with Crippen molar-refractivity contribution >= 4 is 5.97 Å². The molecule has 2 heterocycles. The smallest absolute Gasteiger partial charge is 0.308 e. The summed E-state index contributed by atoms with van der Waals surface area (Å²) in [5.41, 5.74) is 0. The first kappa shape index (κ1) is 13.9. The molecule has 19 heavy (non-hydrogen) atoms. The van der Waals surface area contributed by atoms with E-state index >= 15 is 0 Å². The van der Waals surface area contributed by atoms with Crippen LogP contribution < -0.4 is 0 Å². The van der Waals surface area contributed by atoms with Crippen LogP contribution in [-0.2, 0) is 16.1 Å². The summed E-state index contributed by atoms with van der Waals surface area (Å²) in [5, 5.41) is 20.9. The summed E-state index contributed by atoms with van der Waals surface area (Å²) in [6.07, 6.45) is 1.51. The molecule has 1 aromatic heterocycles. The summed E-state index contributed by atoms with van der Waals surface area (Å²) < 4.78 is 6.95. The van der Waals surface area contributed by atoms with Crippen LogP contribution in [0.15, 0.2) is 0 Å². The second kappa shape index (κ2) is 6.10. The molecule has 2 atom stereocenters. The van der Waals surface area contributed by atoms with Crippen molar-refractivity contribution in [3.8, 4) is 0 Å². The van der Waals surface area contributed by atoms with E-state index in [0.717, 1.165) is 12.2 Å². The Kier molecular flexibility index (Phi) is 4.47. The van der Waals surface area contributed by atoms with E-state index in [2.05, 4.69) is 15.5 Å². The maximum Gasteiger partial charge on any atom is 0.308 e. The van der Waals surface area contributed by atoms with Crippen molar-refractivity contribution in [2.75, 3.05) is 13.2 Å². The molecule has 1 aliphatic heterocycles. The maximum atomic E-state index is 11.3. The van der Waals surface area contributed by atoms with E-state index in [1.807, 2.05) is 13.8 Å². The van der Waals surface area contributed by atoms with Gasteiger partial charge in [-0.3, -0.25) is 4.79 Å². The van der Waals surface area contributed by atoms with Crippen molar-refractivity contribution in [2.45, 2.75) is 39.2 Å². The first-order valence-corrected chi connectivity index (χ1v) is 6.64. The molecule has 0 aromatic carbocycles. The van der Waals surface area contributed by atoms with Crippen LogP contribution in [0.4, 0.5) is 0 Å². The van der Waals surface area contributed by atoms with Gasteiger partial charge in [-0.1, -0.05) is 13.8 Å². The highest BCUT2D eigenvalue weighted by Crippen LogP contribution is 2.24. The molecule has 7 nitrogen and oxygen atoms in total. The van der Waals surface area contributed by atoms with Crippen LogP contribution in [0.3, 0.4) is 0 Å². The lowest BCUT2D eigenvalue weighted by Gasteiger charge is -2.16. The summed E-state index contributed by atoms with van der Waals surface area (Å²) in [7, 11) is 0. The van der Waals surface area contributed by atoms with E-state index in [-0.39, 0.29) is 5.92 Å². The van der Waals surface area contributed by atoms with Crippen molar-refractivity contribution in [1.82, 2.24) is 20.2 Å². The Labute approximate surface area is 111 Å². The average Bonchev–Trinajstić information content (AvgIpc) is 2.96. The fraction of sp³-hybridized carbons (Fsp3) is 0.833. The Bertz CT molecular complexity index is 426. The molecular formula is C12H20N4O3. The van der Waals surface area contributed by atoms with Crippen LogP contribution in [0.1, 0.15) is 38.4 Å². The number of carboxylic acids is 1. The zero-order valence-corrected chi connectivity index (χ0v) is 11.3. The highest BCUT2D eigenvalue weighted by Gasteiger charge is 2.27. The van der Waals surface area contributed by atoms with Gasteiger partial charge in [0.15, 0.2) is 5.82 Å². The Hall–Kier alpha value is -1.50. The molecule has 7 heteroatoms. The fourth-order valence-corrected chi connectivity index (χ4v) is 2.40. The van der Waals surface area contributed by atoms with Crippen LogP contribution >= 0.6 is 0 Å². The first-order valence-electron chi connectivity index (χ1n) is 6.64. The molecule has 0 radical (unpaired) electrons. The van der Waals surface area contributed by atoms with Gasteiger partial charge < -0.3 is 9.84 Å². The predicted molar refractivity (Wildman–Crippen MR) is 66.6 cm³/mol. The van der Waals surface area contributed by atoms with Crippen molar-refractivity contribution in [3.63, 3.8) is 0 Å². The van der Waals surface area contributed by atoms with Crippen LogP contribution in [0.25, 0.3) is 0 Å². The second-order valence-corrected chi connectivity index (χ2v) is 5.44. The number of ether oxygens (including phenoxy) is 1. The summed E-state index contributed by atoms with van der Waals surface area (Å²) in [5.74, 6) is 0.00855. The number of tetrazole rings is 1. The van der Waals surface area contributed by atoms with Gasteiger partial charge in [-0.05, 0) is 29.2 Å². The van der Waals surface area contributed by atoms with Gasteiger partial charge in [0, 0.05) is 12.5 Å². The molecular weight excluding hydrogens is 248 g/mol.